The number of anilines is 1. The Hall–Kier alpha value is -2.16. The second-order valence-corrected chi connectivity index (χ2v) is 4.49. The lowest BCUT2D eigenvalue weighted by molar-refractivity contribution is 0.112. The summed E-state index contributed by atoms with van der Waals surface area (Å²) in [4.78, 5) is 12.8. The average molecular weight is 241 g/mol. The van der Waals surface area contributed by atoms with Crippen LogP contribution in [0.5, 0.6) is 0 Å². The molecule has 0 aliphatic carbocycles. The number of benzene rings is 2. The number of halogens is 1. The summed E-state index contributed by atoms with van der Waals surface area (Å²) >= 11 is 0. The number of hydrogen-bond acceptors (Lipinski definition) is 2. The summed E-state index contributed by atoms with van der Waals surface area (Å²) in [6.07, 6.45) is 0.676. The molecule has 0 atom stereocenters. The van der Waals surface area contributed by atoms with Gasteiger partial charge in [0.2, 0.25) is 0 Å². The summed E-state index contributed by atoms with van der Waals surface area (Å²) < 4.78 is 13.4. The molecule has 0 spiro atoms. The summed E-state index contributed by atoms with van der Waals surface area (Å²) in [5, 5.41) is 0. The van der Waals surface area contributed by atoms with Gasteiger partial charge in [-0.15, -0.1) is 0 Å². The molecule has 0 bridgehead atoms. The molecule has 90 valence electrons. The lowest BCUT2D eigenvalue weighted by Gasteiger charge is -2.18. The van der Waals surface area contributed by atoms with Crippen LogP contribution < -0.4 is 4.90 Å². The summed E-state index contributed by atoms with van der Waals surface area (Å²) in [6, 6.07) is 12.6. The van der Waals surface area contributed by atoms with Crippen molar-refractivity contribution in [2.75, 3.05) is 4.90 Å². The number of nitrogens with zero attached hydrogens (tertiary/aromatic N) is 1. The highest BCUT2D eigenvalue weighted by atomic mass is 19.1. The lowest BCUT2D eigenvalue weighted by atomic mass is 10.1. The highest BCUT2D eigenvalue weighted by molar-refractivity contribution is 5.77. The minimum Gasteiger partial charge on any atom is -0.363 e. The third-order valence-electron chi connectivity index (χ3n) is 3.25. The zero-order valence-corrected chi connectivity index (χ0v) is 9.77. The second-order valence-electron chi connectivity index (χ2n) is 4.49. The Balaban J connectivity index is 1.94. The molecule has 0 fully saturated rings. The Labute approximate surface area is 105 Å². The molecule has 2 aromatic carbocycles. The number of carbonyl (C=O) groups is 1. The zero-order chi connectivity index (χ0) is 12.5. The van der Waals surface area contributed by atoms with Crippen LogP contribution in [0.15, 0.2) is 42.5 Å². The highest BCUT2D eigenvalue weighted by Crippen LogP contribution is 2.28. The molecular formula is C15H12FNO. The van der Waals surface area contributed by atoms with Gasteiger partial charge in [-0.2, -0.15) is 0 Å². The molecule has 0 unspecified atom stereocenters. The fraction of sp³-hybridized carbons (Fsp3) is 0.133. The first kappa shape index (κ1) is 11.0. The van der Waals surface area contributed by atoms with Crippen LogP contribution in [0.1, 0.15) is 21.5 Å². The molecule has 2 aromatic rings. The van der Waals surface area contributed by atoms with Gasteiger partial charge < -0.3 is 4.90 Å². The molecule has 3 rings (SSSR count). The fourth-order valence-electron chi connectivity index (χ4n) is 2.36. The average Bonchev–Trinajstić information content (AvgIpc) is 2.81. The van der Waals surface area contributed by atoms with E-state index in [1.165, 1.54) is 23.3 Å². The normalized spacial score (nSPS) is 13.5. The monoisotopic (exact) mass is 241 g/mol. The fourth-order valence-corrected chi connectivity index (χ4v) is 2.36. The van der Waals surface area contributed by atoms with E-state index in [1.54, 1.807) is 6.07 Å². The van der Waals surface area contributed by atoms with Crippen molar-refractivity contribution >= 4 is 12.0 Å². The minimum absolute atomic E-state index is 0.370. The largest absolute Gasteiger partial charge is 0.363 e. The Morgan fingerprint density at radius 2 is 1.72 bits per heavy atom. The van der Waals surface area contributed by atoms with E-state index in [4.69, 9.17) is 0 Å². The number of hydrogen-bond donors (Lipinski definition) is 0. The maximum Gasteiger partial charge on any atom is 0.150 e. The van der Waals surface area contributed by atoms with Gasteiger partial charge >= 0.3 is 0 Å². The van der Waals surface area contributed by atoms with Crippen molar-refractivity contribution in [2.45, 2.75) is 13.1 Å². The van der Waals surface area contributed by atoms with Crippen molar-refractivity contribution in [2.24, 2.45) is 0 Å². The molecular weight excluding hydrogens is 229 g/mol. The molecule has 0 radical (unpaired) electrons. The van der Waals surface area contributed by atoms with Gasteiger partial charge in [-0.25, -0.2) is 4.39 Å². The minimum atomic E-state index is -0.370. The van der Waals surface area contributed by atoms with Crippen LogP contribution in [0, 0.1) is 5.82 Å². The zero-order valence-electron chi connectivity index (χ0n) is 9.77. The quantitative estimate of drug-likeness (QED) is 0.753. The van der Waals surface area contributed by atoms with Crippen molar-refractivity contribution in [3.63, 3.8) is 0 Å². The molecule has 0 saturated heterocycles. The molecule has 2 nitrogen and oxygen atoms in total. The number of aldehydes is 1. The van der Waals surface area contributed by atoms with E-state index in [9.17, 15) is 9.18 Å². The third kappa shape index (κ3) is 1.88. The van der Waals surface area contributed by atoms with Gasteiger partial charge in [0.1, 0.15) is 12.1 Å². The Bertz CT molecular complexity index is 584. The Morgan fingerprint density at radius 3 is 2.33 bits per heavy atom. The number of rotatable bonds is 2. The molecule has 1 aliphatic heterocycles. The molecule has 1 heterocycles. The summed E-state index contributed by atoms with van der Waals surface area (Å²) in [7, 11) is 0. The van der Waals surface area contributed by atoms with Gasteiger partial charge in [-0.3, -0.25) is 4.79 Å². The molecule has 1 aliphatic rings. The van der Waals surface area contributed by atoms with Crippen LogP contribution in [0.4, 0.5) is 10.1 Å². The second kappa shape index (κ2) is 4.26. The predicted molar refractivity (Wildman–Crippen MR) is 68.1 cm³/mol. The van der Waals surface area contributed by atoms with Gasteiger partial charge in [-0.1, -0.05) is 24.3 Å². The van der Waals surface area contributed by atoms with E-state index in [1.807, 2.05) is 12.1 Å². The van der Waals surface area contributed by atoms with Crippen LogP contribution in [-0.4, -0.2) is 6.29 Å². The topological polar surface area (TPSA) is 20.3 Å². The predicted octanol–water partition coefficient (Wildman–Crippen LogP) is 3.16. The first-order valence-electron chi connectivity index (χ1n) is 5.84. The van der Waals surface area contributed by atoms with Crippen molar-refractivity contribution in [1.29, 1.82) is 0 Å². The summed E-state index contributed by atoms with van der Waals surface area (Å²) in [5.41, 5.74) is 3.65. The maximum atomic E-state index is 13.4. The Kier molecular flexibility index (Phi) is 2.59. The van der Waals surface area contributed by atoms with Crippen LogP contribution in [-0.2, 0) is 13.1 Å². The smallest absolute Gasteiger partial charge is 0.150 e. The van der Waals surface area contributed by atoms with Crippen molar-refractivity contribution in [3.8, 4) is 0 Å². The van der Waals surface area contributed by atoms with E-state index < -0.39 is 0 Å². The first-order valence-corrected chi connectivity index (χ1v) is 5.84. The highest BCUT2D eigenvalue weighted by Gasteiger charge is 2.19. The number of fused-ring (bicyclic) bond motifs is 1. The van der Waals surface area contributed by atoms with Crippen LogP contribution in [0.25, 0.3) is 0 Å². The molecule has 0 saturated carbocycles. The lowest BCUT2D eigenvalue weighted by Crippen LogP contribution is -2.14. The van der Waals surface area contributed by atoms with E-state index in [2.05, 4.69) is 17.0 Å². The van der Waals surface area contributed by atoms with Gasteiger partial charge in [0.05, 0.1) is 0 Å². The van der Waals surface area contributed by atoms with Crippen LogP contribution >= 0.6 is 0 Å². The maximum absolute atomic E-state index is 13.4. The van der Waals surface area contributed by atoms with Gasteiger partial charge in [0, 0.05) is 24.3 Å². The van der Waals surface area contributed by atoms with E-state index in [0.717, 1.165) is 18.8 Å². The number of carbonyl (C=O) groups excluding carboxylic acids is 1. The first-order chi connectivity index (χ1) is 8.76. The molecule has 18 heavy (non-hydrogen) atoms. The van der Waals surface area contributed by atoms with Crippen molar-refractivity contribution in [1.82, 2.24) is 0 Å². The molecule has 3 heteroatoms. The van der Waals surface area contributed by atoms with Gasteiger partial charge in [0.25, 0.3) is 0 Å². The Morgan fingerprint density at radius 1 is 1.06 bits per heavy atom. The van der Waals surface area contributed by atoms with E-state index in [0.29, 0.717) is 11.8 Å². The third-order valence-corrected chi connectivity index (χ3v) is 3.25. The molecule has 0 N–H and O–H groups in total. The van der Waals surface area contributed by atoms with Gasteiger partial charge in [-0.05, 0) is 29.3 Å². The summed E-state index contributed by atoms with van der Waals surface area (Å²) in [5.74, 6) is -0.370. The van der Waals surface area contributed by atoms with Crippen LogP contribution in [0.3, 0.4) is 0 Å². The summed E-state index contributed by atoms with van der Waals surface area (Å²) in [6.45, 7) is 1.52. The van der Waals surface area contributed by atoms with Crippen molar-refractivity contribution < 1.29 is 9.18 Å². The van der Waals surface area contributed by atoms with E-state index in [-0.39, 0.29) is 5.82 Å². The SMILES string of the molecule is O=Cc1cc(F)cc(N2Cc3ccccc3C2)c1. The molecule has 0 amide bonds. The van der Waals surface area contributed by atoms with E-state index >= 15 is 0 Å². The van der Waals surface area contributed by atoms with Crippen molar-refractivity contribution in [3.05, 3.63) is 65.0 Å². The molecule has 0 aromatic heterocycles. The standard InChI is InChI=1S/C15H12FNO/c16-14-5-11(10-18)6-15(7-14)17-8-12-3-1-2-4-13(12)9-17/h1-7,10H,8-9H2. The van der Waals surface area contributed by atoms with Crippen LogP contribution in [0.2, 0.25) is 0 Å². The van der Waals surface area contributed by atoms with Gasteiger partial charge in [0.15, 0.2) is 0 Å².